The average molecular weight is 576 g/mol. The third-order valence-corrected chi connectivity index (χ3v) is 4.95. The second kappa shape index (κ2) is 10.2. The number of ether oxygens (including phenoxy) is 2. The monoisotopic (exact) mass is 576 g/mol. The molecule has 17 heteroatoms. The third kappa shape index (κ3) is 5.70. The second-order valence-corrected chi connectivity index (χ2v) is 8.28. The molecule has 37 heavy (non-hydrogen) atoms. The van der Waals surface area contributed by atoms with E-state index in [1.807, 2.05) is 0 Å². The Kier molecular flexibility index (Phi) is 9.13. The van der Waals surface area contributed by atoms with Gasteiger partial charge in [-0.15, -0.1) is 0 Å². The number of benzene rings is 1. The fourth-order valence-corrected chi connectivity index (χ4v) is 2.74. The van der Waals surface area contributed by atoms with Gasteiger partial charge in [0, 0.05) is 13.5 Å². The number of rotatable bonds is 12. The van der Waals surface area contributed by atoms with Gasteiger partial charge in [0.15, 0.2) is 0 Å². The van der Waals surface area contributed by atoms with Crippen LogP contribution in [0.5, 0.6) is 5.75 Å². The first-order chi connectivity index (χ1) is 16.3. The predicted octanol–water partition coefficient (Wildman–Crippen LogP) is 8.17. The lowest BCUT2D eigenvalue weighted by molar-refractivity contribution is -0.453. The quantitative estimate of drug-likeness (QED) is 0.234. The number of hydrogen-bond acceptors (Lipinski definition) is 2. The van der Waals surface area contributed by atoms with Gasteiger partial charge in [0.2, 0.25) is 0 Å². The highest BCUT2D eigenvalue weighted by molar-refractivity contribution is 5.29. The Labute approximate surface area is 199 Å². The molecule has 0 radical (unpaired) electrons. The molecular weight excluding hydrogens is 557 g/mol. The number of alkyl halides is 15. The van der Waals surface area contributed by atoms with Crippen LogP contribution >= 0.6 is 0 Å². The van der Waals surface area contributed by atoms with Crippen LogP contribution in [0, 0.1) is 5.92 Å². The highest BCUT2D eigenvalue weighted by Crippen LogP contribution is 2.63. The summed E-state index contributed by atoms with van der Waals surface area (Å²) in [6.45, 7) is 3.70. The van der Waals surface area contributed by atoms with Crippen molar-refractivity contribution in [3.05, 3.63) is 29.8 Å². The van der Waals surface area contributed by atoms with Gasteiger partial charge in [-0.25, -0.2) is 0 Å². The molecule has 0 aromatic heterocycles. The minimum atomic E-state index is -8.32. The molecule has 0 heterocycles. The van der Waals surface area contributed by atoms with Crippen molar-refractivity contribution in [3.63, 3.8) is 0 Å². The van der Waals surface area contributed by atoms with Gasteiger partial charge >= 0.3 is 41.7 Å². The van der Waals surface area contributed by atoms with Crippen LogP contribution in [0.3, 0.4) is 0 Å². The van der Waals surface area contributed by atoms with Crippen LogP contribution in [0.15, 0.2) is 24.3 Å². The molecule has 1 unspecified atom stereocenters. The minimum absolute atomic E-state index is 0.0376. The maximum atomic E-state index is 14.2. The molecule has 2 nitrogen and oxygen atoms in total. The van der Waals surface area contributed by atoms with E-state index in [-0.39, 0.29) is 18.3 Å². The molecule has 0 amide bonds. The standard InChI is InChI=1S/C20H19F15O2/c1-10(2)9-37-12-6-4-11(5-7-12)13(36-3)8-14(21,22)15(23,24)16(25,26)17(27,28)18(29,30)19(31,32)20(33,34)35/h4-7,10,13H,8-9H2,1-3H3. The fourth-order valence-electron chi connectivity index (χ4n) is 2.74. The third-order valence-electron chi connectivity index (χ3n) is 4.95. The molecule has 0 saturated carbocycles. The molecule has 1 aromatic rings. The summed E-state index contributed by atoms with van der Waals surface area (Å²) in [6.07, 6.45) is -12.5. The van der Waals surface area contributed by atoms with E-state index in [9.17, 15) is 65.9 Å². The maximum Gasteiger partial charge on any atom is 0.460 e. The Morgan fingerprint density at radius 1 is 0.622 bits per heavy atom. The summed E-state index contributed by atoms with van der Waals surface area (Å²) >= 11 is 0. The molecule has 1 atom stereocenters. The maximum absolute atomic E-state index is 14.2. The van der Waals surface area contributed by atoms with E-state index in [0.29, 0.717) is 7.11 Å². The Morgan fingerprint density at radius 3 is 1.41 bits per heavy atom. The van der Waals surface area contributed by atoms with Gasteiger partial charge in [0.1, 0.15) is 5.75 Å². The van der Waals surface area contributed by atoms with Gasteiger partial charge in [-0.2, -0.15) is 65.9 Å². The van der Waals surface area contributed by atoms with Crippen LogP contribution < -0.4 is 4.74 Å². The van der Waals surface area contributed by atoms with Gasteiger partial charge in [-0.05, 0) is 23.6 Å². The van der Waals surface area contributed by atoms with E-state index in [2.05, 4.69) is 4.74 Å². The average Bonchev–Trinajstić information content (AvgIpc) is 2.74. The molecule has 0 N–H and O–H groups in total. The molecule has 0 spiro atoms. The van der Waals surface area contributed by atoms with Gasteiger partial charge in [0.25, 0.3) is 0 Å². The highest BCUT2D eigenvalue weighted by atomic mass is 19.4. The number of hydrogen-bond donors (Lipinski definition) is 0. The van der Waals surface area contributed by atoms with Crippen LogP contribution in [-0.4, -0.2) is 55.4 Å². The van der Waals surface area contributed by atoms with Crippen molar-refractivity contribution in [1.29, 1.82) is 0 Å². The largest absolute Gasteiger partial charge is 0.493 e. The van der Waals surface area contributed by atoms with Crippen molar-refractivity contribution < 1.29 is 75.3 Å². The van der Waals surface area contributed by atoms with Crippen molar-refractivity contribution in [2.24, 2.45) is 5.92 Å². The summed E-state index contributed by atoms with van der Waals surface area (Å²) in [5.74, 6) is -46.5. The summed E-state index contributed by atoms with van der Waals surface area (Å²) in [5.41, 5.74) is -0.445. The topological polar surface area (TPSA) is 18.5 Å². The molecule has 0 bridgehead atoms. The highest BCUT2D eigenvalue weighted by Gasteiger charge is 2.93. The van der Waals surface area contributed by atoms with Gasteiger partial charge in [-0.1, -0.05) is 26.0 Å². The normalized spacial score (nSPS) is 15.8. The van der Waals surface area contributed by atoms with E-state index >= 15 is 0 Å². The summed E-state index contributed by atoms with van der Waals surface area (Å²) in [7, 11) is 0.590. The summed E-state index contributed by atoms with van der Waals surface area (Å²) in [6, 6.07) is 4.04. The van der Waals surface area contributed by atoms with Crippen LogP contribution in [-0.2, 0) is 4.74 Å². The van der Waals surface area contributed by atoms with E-state index in [4.69, 9.17) is 4.74 Å². The SMILES string of the molecule is COC(CC(F)(F)C(F)(F)C(F)(F)C(F)(F)C(F)(F)C(F)(F)C(F)(F)F)c1ccc(OCC(C)C)cc1. The molecular formula is C20H19F15O2. The van der Waals surface area contributed by atoms with Crippen LogP contribution in [0.4, 0.5) is 65.9 Å². The zero-order valence-corrected chi connectivity index (χ0v) is 18.9. The van der Waals surface area contributed by atoms with E-state index in [0.717, 1.165) is 24.3 Å². The lowest BCUT2D eigenvalue weighted by atomic mass is 9.88. The summed E-state index contributed by atoms with van der Waals surface area (Å²) in [4.78, 5) is 0. The van der Waals surface area contributed by atoms with Crippen LogP contribution in [0.1, 0.15) is 31.9 Å². The zero-order valence-electron chi connectivity index (χ0n) is 18.9. The summed E-state index contributed by atoms with van der Waals surface area (Å²) < 4.78 is 210. The first kappa shape index (κ1) is 33.0. The van der Waals surface area contributed by atoms with Crippen LogP contribution in [0.2, 0.25) is 0 Å². The molecule has 1 aromatic carbocycles. The fraction of sp³-hybridized carbons (Fsp3) is 0.700. The van der Waals surface area contributed by atoms with Crippen molar-refractivity contribution >= 4 is 0 Å². The molecule has 0 aliphatic carbocycles. The zero-order chi connectivity index (χ0) is 29.5. The first-order valence-corrected chi connectivity index (χ1v) is 9.91. The number of halogens is 15. The van der Waals surface area contributed by atoms with Crippen molar-refractivity contribution in [2.75, 3.05) is 13.7 Å². The van der Waals surface area contributed by atoms with Gasteiger partial charge in [-0.3, -0.25) is 0 Å². The molecule has 0 aliphatic rings. The van der Waals surface area contributed by atoms with E-state index < -0.39 is 59.8 Å². The van der Waals surface area contributed by atoms with E-state index in [1.54, 1.807) is 13.8 Å². The summed E-state index contributed by atoms with van der Waals surface area (Å²) in [5, 5.41) is 0. The van der Waals surface area contributed by atoms with Gasteiger partial charge < -0.3 is 9.47 Å². The van der Waals surface area contributed by atoms with E-state index in [1.165, 1.54) is 0 Å². The first-order valence-electron chi connectivity index (χ1n) is 9.91. The molecule has 0 fully saturated rings. The van der Waals surface area contributed by atoms with Crippen molar-refractivity contribution in [3.8, 4) is 5.75 Å². The smallest absolute Gasteiger partial charge is 0.460 e. The lowest BCUT2D eigenvalue weighted by Crippen LogP contribution is -2.72. The minimum Gasteiger partial charge on any atom is -0.493 e. The van der Waals surface area contributed by atoms with Crippen molar-refractivity contribution in [1.82, 2.24) is 0 Å². The number of methoxy groups -OCH3 is 1. The Bertz CT molecular complexity index is 892. The van der Waals surface area contributed by atoms with Crippen LogP contribution in [0.25, 0.3) is 0 Å². The van der Waals surface area contributed by atoms with Crippen molar-refractivity contribution in [2.45, 2.75) is 68.1 Å². The molecule has 1 rings (SSSR count). The Hall–Kier alpha value is -2.07. The predicted molar refractivity (Wildman–Crippen MR) is 96.9 cm³/mol. The Balaban J connectivity index is 3.37. The molecule has 0 aliphatic heterocycles. The Morgan fingerprint density at radius 2 is 1.03 bits per heavy atom. The second-order valence-electron chi connectivity index (χ2n) is 8.28. The lowest BCUT2D eigenvalue weighted by Gasteiger charge is -2.42. The molecule has 216 valence electrons. The van der Waals surface area contributed by atoms with Gasteiger partial charge in [0.05, 0.1) is 12.7 Å². The molecule has 0 saturated heterocycles.